The van der Waals surface area contributed by atoms with E-state index in [1.165, 1.54) is 0 Å². The first-order valence-electron chi connectivity index (χ1n) is 8.93. The molecule has 3 rings (SSSR count). The van der Waals surface area contributed by atoms with Crippen LogP contribution in [-0.2, 0) is 0 Å². The molecule has 2 aromatic rings. The van der Waals surface area contributed by atoms with Gasteiger partial charge in [0, 0.05) is 12.0 Å². The summed E-state index contributed by atoms with van der Waals surface area (Å²) in [6, 6.07) is 17.9. The highest BCUT2D eigenvalue weighted by Gasteiger charge is 2.33. The molecule has 0 saturated carbocycles. The van der Waals surface area contributed by atoms with E-state index >= 15 is 0 Å². The number of para-hydroxylation sites is 1. The van der Waals surface area contributed by atoms with Crippen LogP contribution in [0, 0.1) is 11.3 Å². The smallest absolute Gasteiger partial charge is 0.129 e. The summed E-state index contributed by atoms with van der Waals surface area (Å²) in [7, 11) is 0. The molecule has 1 atom stereocenters. The van der Waals surface area contributed by atoms with E-state index in [2.05, 4.69) is 25.1 Å². The second kappa shape index (κ2) is 8.50. The normalized spacial score (nSPS) is 18.0. The van der Waals surface area contributed by atoms with E-state index in [1.807, 2.05) is 56.3 Å². The molecule has 0 bridgehead atoms. The van der Waals surface area contributed by atoms with Gasteiger partial charge in [-0.2, -0.15) is 5.26 Å². The fraction of sp³-hybridized carbons (Fsp3) is 0.318. The topological polar surface area (TPSA) is 59.0 Å². The summed E-state index contributed by atoms with van der Waals surface area (Å²) in [5.41, 5.74) is 9.43. The Morgan fingerprint density at radius 3 is 2.36 bits per heavy atom. The van der Waals surface area contributed by atoms with Crippen molar-refractivity contribution in [2.24, 2.45) is 5.73 Å². The summed E-state index contributed by atoms with van der Waals surface area (Å²) in [5.74, 6) is 0.893. The summed E-state index contributed by atoms with van der Waals surface area (Å²) in [6.07, 6.45) is 3.83. The number of fused-ring (bicyclic) bond motifs is 1. The van der Waals surface area contributed by atoms with E-state index in [9.17, 15) is 0 Å². The second-order valence-corrected chi connectivity index (χ2v) is 5.80. The Hall–Kier alpha value is -2.57. The average Bonchev–Trinajstić information content (AvgIpc) is 2.69. The van der Waals surface area contributed by atoms with Crippen molar-refractivity contribution in [2.75, 3.05) is 6.54 Å². The van der Waals surface area contributed by atoms with Gasteiger partial charge >= 0.3 is 0 Å². The van der Waals surface area contributed by atoms with E-state index in [-0.39, 0.29) is 5.60 Å². The first-order chi connectivity index (χ1) is 12.2. The van der Waals surface area contributed by atoms with Crippen LogP contribution in [0.25, 0.3) is 5.57 Å². The highest BCUT2D eigenvalue weighted by molar-refractivity contribution is 5.84. The van der Waals surface area contributed by atoms with Gasteiger partial charge in [-0.15, -0.1) is 0 Å². The number of nitriles is 1. The third-order valence-electron chi connectivity index (χ3n) is 4.39. The molecule has 0 fully saturated rings. The minimum Gasteiger partial charge on any atom is -0.482 e. The molecule has 1 heterocycles. The highest BCUT2D eigenvalue weighted by atomic mass is 16.5. The largest absolute Gasteiger partial charge is 0.482 e. The zero-order valence-electron chi connectivity index (χ0n) is 15.3. The van der Waals surface area contributed by atoms with Gasteiger partial charge in [0.05, 0.1) is 11.6 Å². The Balaban J connectivity index is 0.00000109. The number of hydrogen-bond acceptors (Lipinski definition) is 3. The van der Waals surface area contributed by atoms with Crippen molar-refractivity contribution in [2.45, 2.75) is 39.2 Å². The van der Waals surface area contributed by atoms with Crippen molar-refractivity contribution < 1.29 is 4.74 Å². The molecule has 3 nitrogen and oxygen atoms in total. The lowest BCUT2D eigenvalue weighted by molar-refractivity contribution is 0.105. The molecule has 1 aliphatic heterocycles. The molecule has 1 aliphatic rings. The molecule has 130 valence electrons. The van der Waals surface area contributed by atoms with Gasteiger partial charge in [-0.1, -0.05) is 51.1 Å². The Kier molecular flexibility index (Phi) is 6.38. The second-order valence-electron chi connectivity index (χ2n) is 5.80. The molecule has 1 unspecified atom stereocenters. The summed E-state index contributed by atoms with van der Waals surface area (Å²) in [5, 5.41) is 8.99. The van der Waals surface area contributed by atoms with Gasteiger partial charge in [0.2, 0.25) is 0 Å². The van der Waals surface area contributed by atoms with E-state index in [0.717, 1.165) is 35.3 Å². The van der Waals surface area contributed by atoms with Gasteiger partial charge in [-0.3, -0.25) is 0 Å². The van der Waals surface area contributed by atoms with Crippen LogP contribution in [0.2, 0.25) is 0 Å². The molecular formula is C22H26N2O. The van der Waals surface area contributed by atoms with E-state index in [0.29, 0.717) is 12.1 Å². The van der Waals surface area contributed by atoms with Crippen LogP contribution in [0.1, 0.15) is 50.3 Å². The molecular weight excluding hydrogens is 308 g/mol. The molecule has 0 spiro atoms. The van der Waals surface area contributed by atoms with Gasteiger partial charge in [-0.05, 0) is 48.4 Å². The zero-order chi connectivity index (χ0) is 18.3. The van der Waals surface area contributed by atoms with Crippen LogP contribution in [0.4, 0.5) is 0 Å². The molecule has 0 saturated heterocycles. The van der Waals surface area contributed by atoms with Crippen molar-refractivity contribution in [3.8, 4) is 11.8 Å². The number of ether oxygens (including phenoxy) is 1. The molecule has 25 heavy (non-hydrogen) atoms. The van der Waals surface area contributed by atoms with Gasteiger partial charge in [0.1, 0.15) is 11.4 Å². The minimum atomic E-state index is -0.369. The standard InChI is InChI=1S/C20H20N2O.C2H6/c1-2-20(11-12-21)13-18(16-9-7-15(14-22)8-10-16)17-5-3-4-6-19(17)23-20;1-2/h3-10,13H,2,11-12,21H2,1H3;1-2H3. The Morgan fingerprint density at radius 2 is 1.76 bits per heavy atom. The average molecular weight is 334 g/mol. The molecule has 3 heteroatoms. The number of nitrogens with two attached hydrogens (primary N) is 1. The zero-order valence-corrected chi connectivity index (χ0v) is 15.3. The lowest BCUT2D eigenvalue weighted by atomic mass is 9.85. The monoisotopic (exact) mass is 334 g/mol. The summed E-state index contributed by atoms with van der Waals surface area (Å²) in [6.45, 7) is 6.70. The summed E-state index contributed by atoms with van der Waals surface area (Å²) in [4.78, 5) is 0. The number of nitrogens with zero attached hydrogens (tertiary/aromatic N) is 1. The maximum atomic E-state index is 8.99. The van der Waals surface area contributed by atoms with Crippen molar-refractivity contribution in [1.82, 2.24) is 0 Å². The highest BCUT2D eigenvalue weighted by Crippen LogP contribution is 2.41. The lowest BCUT2D eigenvalue weighted by Crippen LogP contribution is -2.38. The number of rotatable bonds is 4. The first-order valence-corrected chi connectivity index (χ1v) is 8.93. The summed E-state index contributed by atoms with van der Waals surface area (Å²) < 4.78 is 6.30. The first kappa shape index (κ1) is 18.8. The molecule has 2 N–H and O–H groups in total. The van der Waals surface area contributed by atoms with E-state index in [1.54, 1.807) is 0 Å². The predicted octanol–water partition coefficient (Wildman–Crippen LogP) is 4.91. The molecule has 0 radical (unpaired) electrons. The Labute approximate surface area is 150 Å². The summed E-state index contributed by atoms with van der Waals surface area (Å²) >= 11 is 0. The molecule has 0 aliphatic carbocycles. The maximum Gasteiger partial charge on any atom is 0.129 e. The Morgan fingerprint density at radius 1 is 1.08 bits per heavy atom. The quantitative estimate of drug-likeness (QED) is 0.864. The van der Waals surface area contributed by atoms with Crippen LogP contribution < -0.4 is 10.5 Å². The minimum absolute atomic E-state index is 0.369. The third-order valence-corrected chi connectivity index (χ3v) is 4.39. The number of hydrogen-bond donors (Lipinski definition) is 1. The van der Waals surface area contributed by atoms with Gasteiger partial charge in [0.25, 0.3) is 0 Å². The molecule has 0 aromatic heterocycles. The van der Waals surface area contributed by atoms with Crippen molar-refractivity contribution in [1.29, 1.82) is 5.26 Å². The predicted molar refractivity (Wildman–Crippen MR) is 103 cm³/mol. The fourth-order valence-corrected chi connectivity index (χ4v) is 3.05. The van der Waals surface area contributed by atoms with Crippen molar-refractivity contribution in [3.63, 3.8) is 0 Å². The van der Waals surface area contributed by atoms with Gasteiger partial charge in [0.15, 0.2) is 0 Å². The molecule has 2 aromatic carbocycles. The van der Waals surface area contributed by atoms with Crippen LogP contribution in [0.5, 0.6) is 5.75 Å². The van der Waals surface area contributed by atoms with Gasteiger partial charge in [-0.25, -0.2) is 0 Å². The van der Waals surface area contributed by atoms with Crippen LogP contribution in [0.15, 0.2) is 54.6 Å². The van der Waals surface area contributed by atoms with Crippen LogP contribution in [0.3, 0.4) is 0 Å². The lowest BCUT2D eigenvalue weighted by Gasteiger charge is -2.36. The van der Waals surface area contributed by atoms with Crippen molar-refractivity contribution in [3.05, 3.63) is 71.3 Å². The van der Waals surface area contributed by atoms with Crippen LogP contribution in [-0.4, -0.2) is 12.1 Å². The van der Waals surface area contributed by atoms with E-state index < -0.39 is 0 Å². The Bertz CT molecular complexity index is 771. The van der Waals surface area contributed by atoms with Gasteiger partial charge < -0.3 is 10.5 Å². The SMILES string of the molecule is CC.CCC1(CCN)C=C(c2ccc(C#N)cc2)c2ccccc2O1. The maximum absolute atomic E-state index is 8.99. The van der Waals surface area contributed by atoms with Crippen molar-refractivity contribution >= 4 is 5.57 Å². The fourth-order valence-electron chi connectivity index (χ4n) is 3.05. The number of benzene rings is 2. The van der Waals surface area contributed by atoms with E-state index in [4.69, 9.17) is 15.7 Å². The third kappa shape index (κ3) is 3.92. The molecule has 0 amide bonds. The van der Waals surface area contributed by atoms with Crippen LogP contribution >= 0.6 is 0 Å².